The summed E-state index contributed by atoms with van der Waals surface area (Å²) in [5.41, 5.74) is 5.33. The van der Waals surface area contributed by atoms with Gasteiger partial charge in [0.1, 0.15) is 0 Å². The Morgan fingerprint density at radius 3 is 2.64 bits per heavy atom. The Morgan fingerprint density at radius 1 is 1.12 bits per heavy atom. The molecule has 0 saturated heterocycles. The van der Waals surface area contributed by atoms with Gasteiger partial charge in [0.25, 0.3) is 5.91 Å². The van der Waals surface area contributed by atoms with Crippen molar-refractivity contribution in [2.45, 2.75) is 32.7 Å². The van der Waals surface area contributed by atoms with Crippen molar-refractivity contribution in [3.63, 3.8) is 0 Å². The highest BCUT2D eigenvalue weighted by atomic mass is 16.2. The van der Waals surface area contributed by atoms with E-state index in [4.69, 9.17) is 0 Å². The molecule has 1 aliphatic rings. The summed E-state index contributed by atoms with van der Waals surface area (Å²) in [5.74, 6) is -0.282. The Labute approximate surface area is 148 Å². The fourth-order valence-electron chi connectivity index (χ4n) is 3.38. The van der Waals surface area contributed by atoms with Crippen LogP contribution in [-0.2, 0) is 11.2 Å². The summed E-state index contributed by atoms with van der Waals surface area (Å²) in [6.07, 6.45) is 1.93. The molecule has 130 valence electrons. The Kier molecular flexibility index (Phi) is 4.88. The molecule has 2 aromatic rings. The molecular formula is C21H24N2O2. The third-order valence-corrected chi connectivity index (χ3v) is 5.13. The minimum atomic E-state index is -0.211. The summed E-state index contributed by atoms with van der Waals surface area (Å²) in [7, 11) is 1.82. The van der Waals surface area contributed by atoms with E-state index < -0.39 is 0 Å². The van der Waals surface area contributed by atoms with E-state index in [2.05, 4.69) is 17.4 Å². The lowest BCUT2D eigenvalue weighted by atomic mass is 10.1. The van der Waals surface area contributed by atoms with Crippen molar-refractivity contribution >= 4 is 11.8 Å². The fraction of sp³-hybridized carbons (Fsp3) is 0.333. The molecule has 0 saturated carbocycles. The molecule has 0 spiro atoms. The predicted octanol–water partition coefficient (Wildman–Crippen LogP) is 3.18. The molecule has 2 amide bonds. The van der Waals surface area contributed by atoms with Crippen LogP contribution in [0.3, 0.4) is 0 Å². The summed E-state index contributed by atoms with van der Waals surface area (Å²) in [5, 5.41) is 2.74. The first-order valence-corrected chi connectivity index (χ1v) is 8.66. The molecule has 2 aromatic carbocycles. The molecule has 3 rings (SSSR count). The molecule has 4 nitrogen and oxygen atoms in total. The number of fused-ring (bicyclic) bond motifs is 1. The van der Waals surface area contributed by atoms with E-state index in [1.807, 2.05) is 45.2 Å². The van der Waals surface area contributed by atoms with Crippen molar-refractivity contribution in [2.75, 3.05) is 13.6 Å². The van der Waals surface area contributed by atoms with Crippen molar-refractivity contribution in [3.8, 4) is 0 Å². The Balaban J connectivity index is 1.61. The number of nitrogens with one attached hydrogen (secondary N) is 1. The van der Waals surface area contributed by atoms with Crippen LogP contribution in [0.15, 0.2) is 42.5 Å². The van der Waals surface area contributed by atoms with Gasteiger partial charge in [-0.25, -0.2) is 0 Å². The van der Waals surface area contributed by atoms with Crippen LogP contribution in [0, 0.1) is 13.8 Å². The molecule has 1 aliphatic carbocycles. The highest BCUT2D eigenvalue weighted by Gasteiger charge is 2.28. The van der Waals surface area contributed by atoms with Gasteiger partial charge in [0.15, 0.2) is 0 Å². The zero-order valence-corrected chi connectivity index (χ0v) is 15.0. The summed E-state index contributed by atoms with van der Waals surface area (Å²) in [6.45, 7) is 4.00. The van der Waals surface area contributed by atoms with Crippen molar-refractivity contribution in [1.29, 1.82) is 0 Å². The number of aryl methyl sites for hydroxylation is 3. The van der Waals surface area contributed by atoms with Gasteiger partial charge in [-0.05, 0) is 61.1 Å². The van der Waals surface area contributed by atoms with E-state index >= 15 is 0 Å². The maximum absolute atomic E-state index is 12.5. The van der Waals surface area contributed by atoms with Gasteiger partial charge in [0, 0.05) is 12.6 Å². The number of hydrogen-bond acceptors (Lipinski definition) is 2. The van der Waals surface area contributed by atoms with Gasteiger partial charge in [-0.3, -0.25) is 9.59 Å². The van der Waals surface area contributed by atoms with Crippen molar-refractivity contribution in [1.82, 2.24) is 10.2 Å². The van der Waals surface area contributed by atoms with Gasteiger partial charge in [-0.1, -0.05) is 30.3 Å². The maximum atomic E-state index is 12.5. The van der Waals surface area contributed by atoms with Crippen LogP contribution in [-0.4, -0.2) is 30.3 Å². The van der Waals surface area contributed by atoms with Crippen LogP contribution in [0.5, 0.6) is 0 Å². The van der Waals surface area contributed by atoms with Crippen molar-refractivity contribution < 1.29 is 9.59 Å². The van der Waals surface area contributed by atoms with Crippen LogP contribution in [0.1, 0.15) is 45.1 Å². The third-order valence-electron chi connectivity index (χ3n) is 5.13. The number of carbonyl (C=O) groups excluding carboxylic acids is 2. The number of rotatable bonds is 4. The lowest BCUT2D eigenvalue weighted by Gasteiger charge is -2.25. The van der Waals surface area contributed by atoms with Gasteiger partial charge >= 0.3 is 0 Å². The lowest BCUT2D eigenvalue weighted by molar-refractivity contribution is -0.131. The minimum Gasteiger partial charge on any atom is -0.343 e. The second-order valence-corrected chi connectivity index (χ2v) is 6.74. The molecule has 4 heteroatoms. The van der Waals surface area contributed by atoms with E-state index in [9.17, 15) is 9.59 Å². The van der Waals surface area contributed by atoms with E-state index in [1.54, 1.807) is 11.0 Å². The SMILES string of the molecule is Cc1ccc(C(=O)NCC(=O)N(C)C2CCc3ccccc32)cc1C. The van der Waals surface area contributed by atoms with E-state index in [0.29, 0.717) is 5.56 Å². The largest absolute Gasteiger partial charge is 0.343 e. The predicted molar refractivity (Wildman–Crippen MR) is 98.5 cm³/mol. The summed E-state index contributed by atoms with van der Waals surface area (Å²) >= 11 is 0. The molecule has 25 heavy (non-hydrogen) atoms. The molecule has 0 aliphatic heterocycles. The first kappa shape index (κ1) is 17.2. The number of amides is 2. The molecule has 1 N–H and O–H groups in total. The van der Waals surface area contributed by atoms with E-state index in [1.165, 1.54) is 11.1 Å². The van der Waals surface area contributed by atoms with Gasteiger partial charge in [-0.2, -0.15) is 0 Å². The van der Waals surface area contributed by atoms with Crippen molar-refractivity contribution in [3.05, 3.63) is 70.3 Å². The Morgan fingerprint density at radius 2 is 1.88 bits per heavy atom. The minimum absolute atomic E-state index is 0.0148. The lowest BCUT2D eigenvalue weighted by Crippen LogP contribution is -2.39. The number of hydrogen-bond donors (Lipinski definition) is 1. The number of benzene rings is 2. The molecular weight excluding hydrogens is 312 g/mol. The number of carbonyl (C=O) groups is 2. The quantitative estimate of drug-likeness (QED) is 0.932. The van der Waals surface area contributed by atoms with Crippen LogP contribution < -0.4 is 5.32 Å². The summed E-state index contributed by atoms with van der Waals surface area (Å²) in [6, 6.07) is 13.9. The average Bonchev–Trinajstić information content (AvgIpc) is 3.05. The third kappa shape index (κ3) is 3.58. The fourth-order valence-corrected chi connectivity index (χ4v) is 3.38. The highest BCUT2D eigenvalue weighted by molar-refractivity contribution is 5.96. The smallest absolute Gasteiger partial charge is 0.251 e. The second-order valence-electron chi connectivity index (χ2n) is 6.74. The van der Waals surface area contributed by atoms with Crippen LogP contribution >= 0.6 is 0 Å². The second kappa shape index (κ2) is 7.09. The summed E-state index contributed by atoms with van der Waals surface area (Å²) in [4.78, 5) is 26.5. The van der Waals surface area contributed by atoms with Gasteiger partial charge < -0.3 is 10.2 Å². The molecule has 0 radical (unpaired) electrons. The Hall–Kier alpha value is -2.62. The molecule has 0 heterocycles. The number of likely N-dealkylation sites (N-methyl/N-ethyl adjacent to an activating group) is 1. The molecule has 0 bridgehead atoms. The van der Waals surface area contributed by atoms with E-state index in [-0.39, 0.29) is 24.4 Å². The highest BCUT2D eigenvalue weighted by Crippen LogP contribution is 2.34. The van der Waals surface area contributed by atoms with Crippen LogP contribution in [0.25, 0.3) is 0 Å². The summed E-state index contributed by atoms with van der Waals surface area (Å²) < 4.78 is 0. The van der Waals surface area contributed by atoms with E-state index in [0.717, 1.165) is 24.0 Å². The topological polar surface area (TPSA) is 49.4 Å². The molecule has 0 aromatic heterocycles. The van der Waals surface area contributed by atoms with Gasteiger partial charge in [0.05, 0.1) is 12.6 Å². The average molecular weight is 336 g/mol. The van der Waals surface area contributed by atoms with Gasteiger partial charge in [0.2, 0.25) is 5.91 Å². The zero-order chi connectivity index (χ0) is 18.0. The molecule has 0 fully saturated rings. The first-order valence-electron chi connectivity index (χ1n) is 8.66. The van der Waals surface area contributed by atoms with Gasteiger partial charge in [-0.15, -0.1) is 0 Å². The van der Waals surface area contributed by atoms with Crippen molar-refractivity contribution in [2.24, 2.45) is 0 Å². The first-order chi connectivity index (χ1) is 12.0. The normalized spacial score (nSPS) is 15.6. The van der Waals surface area contributed by atoms with Crippen LogP contribution in [0.2, 0.25) is 0 Å². The maximum Gasteiger partial charge on any atom is 0.251 e. The molecule has 1 unspecified atom stereocenters. The van der Waals surface area contributed by atoms with Crippen LogP contribution in [0.4, 0.5) is 0 Å². The standard InChI is InChI=1S/C21H24N2O2/c1-14-8-9-17(12-15(14)2)21(25)22-13-20(24)23(3)19-11-10-16-6-4-5-7-18(16)19/h4-9,12,19H,10-11,13H2,1-3H3,(H,22,25). The zero-order valence-electron chi connectivity index (χ0n) is 15.0. The number of nitrogens with zero attached hydrogens (tertiary/aromatic N) is 1. The Bertz CT molecular complexity index is 813. The monoisotopic (exact) mass is 336 g/mol. The molecule has 1 atom stereocenters.